The van der Waals surface area contributed by atoms with E-state index in [4.69, 9.17) is 38.9 Å². The molecule has 281 valence electrons. The van der Waals surface area contributed by atoms with Crippen molar-refractivity contribution in [3.8, 4) is 67.5 Å². The van der Waals surface area contributed by atoms with Crippen LogP contribution in [0.4, 0.5) is 0 Å². The maximum atomic E-state index is 5.52. The third-order valence-electron chi connectivity index (χ3n) is 10.1. The third-order valence-corrected chi connectivity index (χ3v) is 10.1. The number of fused-ring (bicyclic) bond motifs is 8. The molecule has 5 heterocycles. The summed E-state index contributed by atoms with van der Waals surface area (Å²) in [6, 6.07) is 40.3. The molecule has 2 aliphatic heterocycles. The quantitative estimate of drug-likeness (QED) is 0.150. The summed E-state index contributed by atoms with van der Waals surface area (Å²) < 4.78 is 22.1. The van der Waals surface area contributed by atoms with E-state index in [1.807, 2.05) is 97.1 Å². The fourth-order valence-corrected chi connectivity index (χ4v) is 7.30. The fraction of sp³-hybridized carbons (Fsp3) is 0.0833. The topological polar surface area (TPSA) is 90.9 Å². The molecular weight excluding hydrogens is 755 g/mol. The van der Waals surface area contributed by atoms with Gasteiger partial charge < -0.3 is 28.9 Å². The van der Waals surface area contributed by atoms with E-state index in [0.717, 1.165) is 112 Å². The van der Waals surface area contributed by atoms with Crippen LogP contribution in [0, 0.1) is 0 Å². The molecule has 1 radical (unpaired) electrons. The van der Waals surface area contributed by atoms with Gasteiger partial charge in [-0.05, 0) is 117 Å². The standard InChI is InChI=1S/C48H36N4O4.Co/c1-53-33-13-5-29(6-14-33)45-37-21-23-39(49-37)46(30-7-15-34(54-2)16-8-30)41-25-27-43(51-41)48(32-11-19-36(56-4)20-12-32)44-28-26-42(52-44)47(40-24-22-38(45)50-40)31-9-17-35(55-3)18-10-31;/h5-28H,1-4H3;/q-2;+2. The van der Waals surface area contributed by atoms with E-state index in [-0.39, 0.29) is 16.8 Å². The van der Waals surface area contributed by atoms with Gasteiger partial charge in [0, 0.05) is 0 Å². The maximum absolute atomic E-state index is 5.52. The molecule has 4 aromatic carbocycles. The molecule has 3 aromatic heterocycles. The Labute approximate surface area is 340 Å². The number of benzene rings is 4. The van der Waals surface area contributed by atoms with E-state index in [1.165, 1.54) is 0 Å². The van der Waals surface area contributed by atoms with Gasteiger partial charge in [-0.2, -0.15) is 0 Å². The first-order valence-corrected chi connectivity index (χ1v) is 18.2. The zero-order valence-corrected chi connectivity index (χ0v) is 32.7. The number of hydrogen-bond acceptors (Lipinski definition) is 6. The third kappa shape index (κ3) is 6.99. The fourth-order valence-electron chi connectivity index (χ4n) is 7.30. The molecule has 8 nitrogen and oxygen atoms in total. The first-order chi connectivity index (χ1) is 27.5. The Kier molecular flexibility index (Phi) is 10.3. The van der Waals surface area contributed by atoms with Crippen molar-refractivity contribution in [2.45, 2.75) is 0 Å². The minimum absolute atomic E-state index is 0. The van der Waals surface area contributed by atoms with E-state index < -0.39 is 0 Å². The van der Waals surface area contributed by atoms with E-state index in [9.17, 15) is 0 Å². The Hall–Kier alpha value is -6.81. The molecule has 9 heteroatoms. The summed E-state index contributed by atoms with van der Waals surface area (Å²) in [6.07, 6.45) is 8.23. The van der Waals surface area contributed by atoms with Gasteiger partial charge in [0.2, 0.25) is 0 Å². The Morgan fingerprint density at radius 3 is 0.719 bits per heavy atom. The molecule has 0 spiro atoms. The molecule has 7 aromatic rings. The van der Waals surface area contributed by atoms with Crippen LogP contribution in [0.1, 0.15) is 22.8 Å². The maximum Gasteiger partial charge on any atom is 2.00 e. The van der Waals surface area contributed by atoms with Crippen LogP contribution in [0.2, 0.25) is 0 Å². The summed E-state index contributed by atoms with van der Waals surface area (Å²) >= 11 is 0. The first-order valence-electron chi connectivity index (χ1n) is 18.2. The van der Waals surface area contributed by atoms with Gasteiger partial charge in [-0.15, -0.1) is 22.1 Å². The van der Waals surface area contributed by atoms with Crippen molar-refractivity contribution < 1.29 is 35.7 Å². The number of nitrogens with zero attached hydrogens (tertiary/aromatic N) is 4. The van der Waals surface area contributed by atoms with Crippen LogP contribution in [0.25, 0.3) is 90.9 Å². The second-order valence-corrected chi connectivity index (χ2v) is 13.3. The van der Waals surface area contributed by atoms with Crippen LogP contribution in [0.3, 0.4) is 0 Å². The van der Waals surface area contributed by atoms with Gasteiger partial charge in [0.15, 0.2) is 0 Å². The van der Waals surface area contributed by atoms with Crippen molar-refractivity contribution in [3.05, 3.63) is 144 Å². The van der Waals surface area contributed by atoms with Gasteiger partial charge in [0.25, 0.3) is 0 Å². The summed E-state index contributed by atoms with van der Waals surface area (Å²) in [5.41, 5.74) is 13.7. The molecule has 0 unspecified atom stereocenters. The van der Waals surface area contributed by atoms with E-state index in [1.54, 1.807) is 28.4 Å². The van der Waals surface area contributed by atoms with Crippen molar-refractivity contribution in [2.24, 2.45) is 0 Å². The van der Waals surface area contributed by atoms with Gasteiger partial charge in [-0.1, -0.05) is 72.8 Å². The molecule has 57 heavy (non-hydrogen) atoms. The monoisotopic (exact) mass is 791 g/mol. The Morgan fingerprint density at radius 1 is 0.316 bits per heavy atom. The smallest absolute Gasteiger partial charge is 0.657 e. The molecular formula is C48H36CoN4O4. The molecule has 0 saturated carbocycles. The molecule has 0 aliphatic carbocycles. The Balaban J connectivity index is 0.00000455. The second kappa shape index (κ2) is 15.7. The number of aromatic nitrogens is 4. The van der Waals surface area contributed by atoms with Crippen LogP contribution in [0.15, 0.2) is 121 Å². The second-order valence-electron chi connectivity index (χ2n) is 13.3. The SMILES string of the molecule is COc1ccc(-c2c3nc(c(-c4ccc(OC)cc4)c4ccc([n-]4)c(-c4ccc(OC)cc4)c4nc(c(-c5ccc(OC)cc5)c5ccc2[n-]5)C=C4)C=C3)cc1.[Co+2]. The van der Waals surface area contributed by atoms with Gasteiger partial charge in [-0.25, -0.2) is 9.97 Å². The van der Waals surface area contributed by atoms with Gasteiger partial charge in [0.1, 0.15) is 23.0 Å². The summed E-state index contributed by atoms with van der Waals surface area (Å²) in [5.74, 6) is 3.06. The van der Waals surface area contributed by atoms with Crippen LogP contribution in [-0.4, -0.2) is 38.4 Å². The average Bonchev–Trinajstić information content (AvgIpc) is 4.10. The molecule has 0 atom stereocenters. The van der Waals surface area contributed by atoms with E-state index in [2.05, 4.69) is 48.6 Å². The zero-order valence-electron chi connectivity index (χ0n) is 31.6. The van der Waals surface area contributed by atoms with Crippen LogP contribution in [0.5, 0.6) is 23.0 Å². The molecule has 8 bridgehead atoms. The van der Waals surface area contributed by atoms with Crippen LogP contribution >= 0.6 is 0 Å². The van der Waals surface area contributed by atoms with Gasteiger partial charge in [0.05, 0.1) is 51.2 Å². The zero-order chi connectivity index (χ0) is 38.2. The molecule has 0 saturated heterocycles. The first kappa shape index (κ1) is 37.1. The number of rotatable bonds is 8. The summed E-state index contributed by atoms with van der Waals surface area (Å²) in [7, 11) is 6.67. The number of methoxy groups -OCH3 is 4. The average molecular weight is 792 g/mol. The predicted octanol–water partition coefficient (Wildman–Crippen LogP) is 10.6. The molecule has 0 fully saturated rings. The molecule has 0 N–H and O–H groups in total. The predicted molar refractivity (Wildman–Crippen MR) is 225 cm³/mol. The normalized spacial score (nSPS) is 11.6. The molecule has 9 rings (SSSR count). The van der Waals surface area contributed by atoms with E-state index >= 15 is 0 Å². The van der Waals surface area contributed by atoms with Crippen molar-refractivity contribution in [1.29, 1.82) is 0 Å². The van der Waals surface area contributed by atoms with Crippen LogP contribution in [-0.2, 0) is 16.8 Å². The summed E-state index contributed by atoms with van der Waals surface area (Å²) in [4.78, 5) is 21.4. The van der Waals surface area contributed by atoms with Crippen molar-refractivity contribution in [3.63, 3.8) is 0 Å². The molecule has 2 aliphatic rings. The van der Waals surface area contributed by atoms with Crippen molar-refractivity contribution in [1.82, 2.24) is 19.9 Å². The largest absolute Gasteiger partial charge is 2.00 e. The minimum atomic E-state index is 0. The summed E-state index contributed by atoms with van der Waals surface area (Å²) in [6.45, 7) is 0. The Bertz CT molecular complexity index is 2440. The van der Waals surface area contributed by atoms with E-state index in [0.29, 0.717) is 0 Å². The minimum Gasteiger partial charge on any atom is -0.657 e. The number of hydrogen-bond donors (Lipinski definition) is 0. The van der Waals surface area contributed by atoms with Crippen molar-refractivity contribution in [2.75, 3.05) is 28.4 Å². The van der Waals surface area contributed by atoms with Gasteiger partial charge >= 0.3 is 16.8 Å². The summed E-state index contributed by atoms with van der Waals surface area (Å²) in [5, 5.41) is 0. The Morgan fingerprint density at radius 2 is 0.526 bits per heavy atom. The van der Waals surface area contributed by atoms with Gasteiger partial charge in [-0.3, -0.25) is 0 Å². The molecule has 0 amide bonds. The number of ether oxygens (including phenoxy) is 4. The van der Waals surface area contributed by atoms with Crippen LogP contribution < -0.4 is 28.9 Å². The van der Waals surface area contributed by atoms with Crippen molar-refractivity contribution >= 4 is 46.4 Å².